The fourth-order valence-corrected chi connectivity index (χ4v) is 3.53. The smallest absolute Gasteiger partial charge is 0.124 e. The van der Waals surface area contributed by atoms with Crippen LogP contribution in [0.1, 0.15) is 17.0 Å². The number of hydrogen-bond acceptors (Lipinski definition) is 3. The molecule has 1 heterocycles. The molecule has 4 rings (SSSR count). The average Bonchev–Trinajstić information content (AvgIpc) is 3.15. The maximum atomic E-state index is 13.1. The number of para-hydroxylation sites is 2. The van der Waals surface area contributed by atoms with Crippen LogP contribution >= 0.6 is 15.9 Å². The van der Waals surface area contributed by atoms with Gasteiger partial charge in [0.05, 0.1) is 11.0 Å². The fraction of sp³-hybridized carbons (Fsp3) is 0.174. The number of H-pyrrole nitrogens is 1. The van der Waals surface area contributed by atoms with Gasteiger partial charge in [-0.3, -0.25) is 0 Å². The van der Waals surface area contributed by atoms with E-state index >= 15 is 0 Å². The van der Waals surface area contributed by atoms with Crippen molar-refractivity contribution >= 4 is 27.0 Å². The van der Waals surface area contributed by atoms with E-state index in [2.05, 4.69) is 31.2 Å². The highest BCUT2D eigenvalue weighted by Crippen LogP contribution is 2.24. The van der Waals surface area contributed by atoms with E-state index < -0.39 is 0 Å². The van der Waals surface area contributed by atoms with Crippen LogP contribution in [-0.2, 0) is 19.6 Å². The molecule has 6 heteroatoms. The molecule has 4 aromatic rings. The van der Waals surface area contributed by atoms with Crippen LogP contribution < -0.4 is 10.1 Å². The molecule has 0 unspecified atom stereocenters. The van der Waals surface area contributed by atoms with Crippen molar-refractivity contribution in [2.75, 3.05) is 6.54 Å². The topological polar surface area (TPSA) is 49.9 Å². The predicted octanol–water partition coefficient (Wildman–Crippen LogP) is 5.38. The van der Waals surface area contributed by atoms with E-state index in [1.165, 1.54) is 12.1 Å². The highest BCUT2D eigenvalue weighted by atomic mass is 79.9. The number of benzene rings is 3. The summed E-state index contributed by atoms with van der Waals surface area (Å²) in [5, 5.41) is 3.46. The minimum atomic E-state index is -0.244. The standard InChI is InChI=1S/C23H21BrFN3O/c24-18-7-10-22(29-15-16-5-8-19(25)9-6-16)17(13-18)14-26-12-11-23-27-20-3-1-2-4-21(20)28-23/h1-10,13,26H,11-12,14-15H2,(H,27,28). The van der Waals surface area contributed by atoms with Crippen molar-refractivity contribution in [3.63, 3.8) is 0 Å². The summed E-state index contributed by atoms with van der Waals surface area (Å²) in [5.74, 6) is 1.54. The van der Waals surface area contributed by atoms with Crippen LogP contribution in [0.15, 0.2) is 71.2 Å². The van der Waals surface area contributed by atoms with E-state index in [0.717, 1.165) is 51.2 Å². The van der Waals surface area contributed by atoms with Crippen LogP contribution in [0, 0.1) is 5.82 Å². The molecule has 0 spiro atoms. The SMILES string of the molecule is Fc1ccc(COc2ccc(Br)cc2CNCCc2nc3ccccc3[nH]2)cc1. The lowest BCUT2D eigenvalue weighted by Gasteiger charge is -2.13. The number of aromatic amines is 1. The molecule has 0 fully saturated rings. The molecule has 2 N–H and O–H groups in total. The molecular weight excluding hydrogens is 433 g/mol. The first-order chi connectivity index (χ1) is 14.2. The molecular formula is C23H21BrFN3O. The van der Waals surface area contributed by atoms with Crippen LogP contribution in [0.5, 0.6) is 5.75 Å². The minimum absolute atomic E-state index is 0.244. The molecule has 0 amide bonds. The molecule has 0 bridgehead atoms. The molecule has 29 heavy (non-hydrogen) atoms. The minimum Gasteiger partial charge on any atom is -0.489 e. The molecule has 1 aromatic heterocycles. The Bertz CT molecular complexity index is 1060. The highest BCUT2D eigenvalue weighted by Gasteiger charge is 2.07. The first kappa shape index (κ1) is 19.6. The fourth-order valence-electron chi connectivity index (χ4n) is 3.12. The maximum Gasteiger partial charge on any atom is 0.124 e. The van der Waals surface area contributed by atoms with Gasteiger partial charge in [-0.1, -0.05) is 40.2 Å². The molecule has 0 aliphatic heterocycles. The Labute approximate surface area is 177 Å². The average molecular weight is 454 g/mol. The summed E-state index contributed by atoms with van der Waals surface area (Å²) >= 11 is 3.53. The summed E-state index contributed by atoms with van der Waals surface area (Å²) < 4.78 is 20.0. The third kappa shape index (κ3) is 5.22. The van der Waals surface area contributed by atoms with Crippen molar-refractivity contribution in [2.24, 2.45) is 0 Å². The van der Waals surface area contributed by atoms with E-state index in [1.54, 1.807) is 12.1 Å². The Morgan fingerprint density at radius 1 is 1.03 bits per heavy atom. The first-order valence-corrected chi connectivity index (χ1v) is 10.3. The Morgan fingerprint density at radius 3 is 2.69 bits per heavy atom. The molecule has 0 aliphatic carbocycles. The summed E-state index contributed by atoms with van der Waals surface area (Å²) in [6.45, 7) is 1.87. The highest BCUT2D eigenvalue weighted by molar-refractivity contribution is 9.10. The number of ether oxygens (including phenoxy) is 1. The Kier molecular flexibility index (Phi) is 6.22. The van der Waals surface area contributed by atoms with Crippen molar-refractivity contribution in [1.29, 1.82) is 0 Å². The summed E-state index contributed by atoms with van der Waals surface area (Å²) in [5.41, 5.74) is 4.04. The van der Waals surface area contributed by atoms with Crippen LogP contribution in [0.4, 0.5) is 4.39 Å². The summed E-state index contributed by atoms with van der Waals surface area (Å²) in [6.07, 6.45) is 0.814. The molecule has 0 aliphatic rings. The van der Waals surface area contributed by atoms with Crippen LogP contribution in [-0.4, -0.2) is 16.5 Å². The van der Waals surface area contributed by atoms with Crippen molar-refractivity contribution < 1.29 is 9.13 Å². The third-order valence-corrected chi connectivity index (χ3v) is 5.12. The lowest BCUT2D eigenvalue weighted by atomic mass is 10.2. The normalized spacial score (nSPS) is 11.1. The molecule has 0 saturated heterocycles. The molecule has 0 atom stereocenters. The van der Waals surface area contributed by atoms with E-state index in [-0.39, 0.29) is 5.82 Å². The second-order valence-electron chi connectivity index (χ2n) is 6.79. The Morgan fingerprint density at radius 2 is 1.86 bits per heavy atom. The lowest BCUT2D eigenvalue weighted by Crippen LogP contribution is -2.17. The number of halogens is 2. The first-order valence-electron chi connectivity index (χ1n) is 9.47. The second kappa shape index (κ2) is 9.20. The largest absolute Gasteiger partial charge is 0.489 e. The van der Waals surface area contributed by atoms with Gasteiger partial charge in [-0.2, -0.15) is 0 Å². The van der Waals surface area contributed by atoms with Crippen LogP contribution in [0.3, 0.4) is 0 Å². The quantitative estimate of drug-likeness (QED) is 0.352. The van der Waals surface area contributed by atoms with Gasteiger partial charge in [0.15, 0.2) is 0 Å². The van der Waals surface area contributed by atoms with E-state index in [1.807, 2.05) is 42.5 Å². The van der Waals surface area contributed by atoms with Gasteiger partial charge in [0.25, 0.3) is 0 Å². The van der Waals surface area contributed by atoms with Gasteiger partial charge in [0.2, 0.25) is 0 Å². The van der Waals surface area contributed by atoms with Crippen LogP contribution in [0.2, 0.25) is 0 Å². The monoisotopic (exact) mass is 453 g/mol. The van der Waals surface area contributed by atoms with Crippen molar-refractivity contribution in [2.45, 2.75) is 19.6 Å². The summed E-state index contributed by atoms with van der Waals surface area (Å²) in [4.78, 5) is 7.95. The van der Waals surface area contributed by atoms with E-state index in [0.29, 0.717) is 13.2 Å². The zero-order valence-corrected chi connectivity index (χ0v) is 17.4. The Balaban J connectivity index is 1.33. The summed E-state index contributed by atoms with van der Waals surface area (Å²) in [7, 11) is 0. The zero-order valence-electron chi connectivity index (χ0n) is 15.8. The molecule has 148 valence electrons. The Hall–Kier alpha value is -2.70. The van der Waals surface area contributed by atoms with Gasteiger partial charge in [-0.05, 0) is 48.0 Å². The van der Waals surface area contributed by atoms with Gasteiger partial charge < -0.3 is 15.0 Å². The van der Waals surface area contributed by atoms with E-state index in [4.69, 9.17) is 4.74 Å². The molecule has 0 saturated carbocycles. The third-order valence-electron chi connectivity index (χ3n) is 4.62. The summed E-state index contributed by atoms with van der Waals surface area (Å²) in [6, 6.07) is 20.4. The van der Waals surface area contributed by atoms with Gasteiger partial charge >= 0.3 is 0 Å². The number of nitrogens with zero attached hydrogens (tertiary/aromatic N) is 1. The molecule has 3 aromatic carbocycles. The number of nitrogens with one attached hydrogen (secondary N) is 2. The number of imidazole rings is 1. The maximum absolute atomic E-state index is 13.1. The van der Waals surface area contributed by atoms with E-state index in [9.17, 15) is 4.39 Å². The van der Waals surface area contributed by atoms with Gasteiger partial charge in [-0.25, -0.2) is 9.37 Å². The number of fused-ring (bicyclic) bond motifs is 1. The van der Waals surface area contributed by atoms with Gasteiger partial charge in [-0.15, -0.1) is 0 Å². The van der Waals surface area contributed by atoms with Crippen molar-refractivity contribution in [3.05, 3.63) is 94.0 Å². The lowest BCUT2D eigenvalue weighted by molar-refractivity contribution is 0.302. The molecule has 4 nitrogen and oxygen atoms in total. The second-order valence-corrected chi connectivity index (χ2v) is 7.71. The number of rotatable bonds is 8. The van der Waals surface area contributed by atoms with Gasteiger partial charge in [0, 0.05) is 29.5 Å². The predicted molar refractivity (Wildman–Crippen MR) is 116 cm³/mol. The van der Waals surface area contributed by atoms with Crippen LogP contribution in [0.25, 0.3) is 11.0 Å². The number of aromatic nitrogens is 2. The molecule has 0 radical (unpaired) electrons. The number of hydrogen-bond donors (Lipinski definition) is 2. The van der Waals surface area contributed by atoms with Crippen molar-refractivity contribution in [1.82, 2.24) is 15.3 Å². The zero-order chi connectivity index (χ0) is 20.1. The van der Waals surface area contributed by atoms with Gasteiger partial charge in [0.1, 0.15) is 24.0 Å². The van der Waals surface area contributed by atoms with Crippen molar-refractivity contribution in [3.8, 4) is 5.75 Å².